The molecular weight excluding hydrogens is 679 g/mol. The molecule has 0 saturated carbocycles. The van der Waals surface area contributed by atoms with E-state index in [0.717, 1.165) is 55.7 Å². The SMILES string of the molecule is c1ccc(-c2ccc(-c3ccc(N(c4ccccc4)c4ccc(-c5ccccc5-c5ccccc5-c5cccc6c5oc5ccccc56)cc4)cc3)cc2)cc1. The zero-order valence-corrected chi connectivity index (χ0v) is 30.7. The number of nitrogens with zero attached hydrogens (tertiary/aromatic N) is 1. The van der Waals surface area contributed by atoms with E-state index in [1.807, 2.05) is 12.1 Å². The van der Waals surface area contributed by atoms with E-state index in [1.54, 1.807) is 0 Å². The predicted octanol–water partition coefficient (Wildman–Crippen LogP) is 15.4. The standard InChI is InChI=1S/C54H37NO/c1-3-14-38(15-4-1)39-26-28-40(29-27-39)41-30-34-44(35-31-41)55(43-16-5-2-6-17-43)45-36-32-42(33-37-45)46-18-7-8-19-47(46)48-20-9-10-21-49(48)51-23-13-24-52-50-22-11-12-25-53(50)56-54(51)52/h1-37H. The number of hydrogen-bond acceptors (Lipinski definition) is 2. The summed E-state index contributed by atoms with van der Waals surface area (Å²) in [6.07, 6.45) is 0. The number of hydrogen-bond donors (Lipinski definition) is 0. The Balaban J connectivity index is 0.992. The average molecular weight is 716 g/mol. The molecule has 264 valence electrons. The van der Waals surface area contributed by atoms with Crippen molar-refractivity contribution in [2.24, 2.45) is 0 Å². The summed E-state index contributed by atoms with van der Waals surface area (Å²) in [4.78, 5) is 2.32. The Morgan fingerprint density at radius 3 is 1.27 bits per heavy atom. The third kappa shape index (κ3) is 6.14. The van der Waals surface area contributed by atoms with E-state index < -0.39 is 0 Å². The molecule has 0 aliphatic carbocycles. The van der Waals surface area contributed by atoms with Crippen molar-refractivity contribution in [1.29, 1.82) is 0 Å². The van der Waals surface area contributed by atoms with Crippen LogP contribution in [0.1, 0.15) is 0 Å². The maximum atomic E-state index is 6.50. The molecule has 0 fully saturated rings. The topological polar surface area (TPSA) is 16.4 Å². The molecule has 1 aromatic heterocycles. The fourth-order valence-electron chi connectivity index (χ4n) is 7.98. The van der Waals surface area contributed by atoms with Crippen LogP contribution in [0.4, 0.5) is 17.1 Å². The number of para-hydroxylation sites is 3. The van der Waals surface area contributed by atoms with Crippen molar-refractivity contribution in [1.82, 2.24) is 0 Å². The Labute approximate surface area is 327 Å². The van der Waals surface area contributed by atoms with Crippen molar-refractivity contribution in [3.8, 4) is 55.6 Å². The zero-order valence-electron chi connectivity index (χ0n) is 30.7. The second kappa shape index (κ2) is 14.4. The van der Waals surface area contributed by atoms with Gasteiger partial charge in [0, 0.05) is 33.4 Å². The van der Waals surface area contributed by atoms with Gasteiger partial charge in [0.15, 0.2) is 0 Å². The molecule has 56 heavy (non-hydrogen) atoms. The van der Waals surface area contributed by atoms with Crippen LogP contribution in [0.15, 0.2) is 229 Å². The molecule has 0 unspecified atom stereocenters. The van der Waals surface area contributed by atoms with Gasteiger partial charge in [-0.05, 0) is 92.5 Å². The Morgan fingerprint density at radius 2 is 0.643 bits per heavy atom. The fraction of sp³-hybridized carbons (Fsp3) is 0. The molecular formula is C54H37NO. The largest absolute Gasteiger partial charge is 0.455 e. The van der Waals surface area contributed by atoms with Gasteiger partial charge in [0.2, 0.25) is 0 Å². The average Bonchev–Trinajstić information content (AvgIpc) is 3.67. The first-order valence-electron chi connectivity index (χ1n) is 19.1. The van der Waals surface area contributed by atoms with Gasteiger partial charge in [-0.2, -0.15) is 0 Å². The van der Waals surface area contributed by atoms with Crippen molar-refractivity contribution in [3.63, 3.8) is 0 Å². The molecule has 0 radical (unpaired) electrons. The number of benzene rings is 9. The second-order valence-electron chi connectivity index (χ2n) is 14.1. The Morgan fingerprint density at radius 1 is 0.250 bits per heavy atom. The number of furan rings is 1. The van der Waals surface area contributed by atoms with E-state index in [0.29, 0.717) is 0 Å². The van der Waals surface area contributed by atoms with Gasteiger partial charge in [0.1, 0.15) is 11.2 Å². The van der Waals surface area contributed by atoms with Gasteiger partial charge >= 0.3 is 0 Å². The minimum Gasteiger partial charge on any atom is -0.455 e. The van der Waals surface area contributed by atoms with E-state index in [2.05, 4.69) is 217 Å². The molecule has 1 heterocycles. The first kappa shape index (κ1) is 33.2. The predicted molar refractivity (Wildman–Crippen MR) is 236 cm³/mol. The van der Waals surface area contributed by atoms with E-state index >= 15 is 0 Å². The summed E-state index contributed by atoms with van der Waals surface area (Å²) < 4.78 is 6.50. The van der Waals surface area contributed by atoms with E-state index in [1.165, 1.54) is 38.9 Å². The van der Waals surface area contributed by atoms with Crippen LogP contribution in [-0.2, 0) is 0 Å². The van der Waals surface area contributed by atoms with Crippen LogP contribution in [0.3, 0.4) is 0 Å². The molecule has 0 spiro atoms. The quantitative estimate of drug-likeness (QED) is 0.156. The summed E-state index contributed by atoms with van der Waals surface area (Å²) in [5, 5.41) is 2.27. The molecule has 2 heteroatoms. The lowest BCUT2D eigenvalue weighted by atomic mass is 9.89. The van der Waals surface area contributed by atoms with Gasteiger partial charge in [0.25, 0.3) is 0 Å². The van der Waals surface area contributed by atoms with Crippen LogP contribution in [-0.4, -0.2) is 0 Å². The van der Waals surface area contributed by atoms with Crippen molar-refractivity contribution in [2.45, 2.75) is 0 Å². The summed E-state index contributed by atoms with van der Waals surface area (Å²) in [6, 6.07) is 79.9. The van der Waals surface area contributed by atoms with Gasteiger partial charge < -0.3 is 9.32 Å². The summed E-state index contributed by atoms with van der Waals surface area (Å²) in [6.45, 7) is 0. The van der Waals surface area contributed by atoms with Crippen LogP contribution in [0, 0.1) is 0 Å². The van der Waals surface area contributed by atoms with E-state index in [4.69, 9.17) is 4.42 Å². The number of anilines is 3. The number of fused-ring (bicyclic) bond motifs is 3. The minimum absolute atomic E-state index is 0.905. The molecule has 10 rings (SSSR count). The van der Waals surface area contributed by atoms with Crippen molar-refractivity contribution in [3.05, 3.63) is 224 Å². The van der Waals surface area contributed by atoms with E-state index in [-0.39, 0.29) is 0 Å². The fourth-order valence-corrected chi connectivity index (χ4v) is 7.98. The third-order valence-electron chi connectivity index (χ3n) is 10.7. The lowest BCUT2D eigenvalue weighted by molar-refractivity contribution is 0.670. The Kier molecular flexibility index (Phi) is 8.55. The first-order chi connectivity index (χ1) is 27.8. The molecule has 2 nitrogen and oxygen atoms in total. The van der Waals surface area contributed by atoms with Gasteiger partial charge in [-0.25, -0.2) is 0 Å². The molecule has 0 bridgehead atoms. The minimum atomic E-state index is 0.905. The van der Waals surface area contributed by atoms with Crippen LogP contribution in [0.2, 0.25) is 0 Å². The van der Waals surface area contributed by atoms with Crippen molar-refractivity contribution in [2.75, 3.05) is 4.90 Å². The summed E-state index contributed by atoms with van der Waals surface area (Å²) in [5.74, 6) is 0. The van der Waals surface area contributed by atoms with Gasteiger partial charge in [-0.1, -0.05) is 182 Å². The lowest BCUT2D eigenvalue weighted by Gasteiger charge is -2.26. The lowest BCUT2D eigenvalue weighted by Crippen LogP contribution is -2.09. The van der Waals surface area contributed by atoms with Crippen molar-refractivity contribution < 1.29 is 4.42 Å². The molecule has 9 aromatic carbocycles. The number of rotatable bonds is 8. The van der Waals surface area contributed by atoms with Gasteiger partial charge in [0.05, 0.1) is 0 Å². The summed E-state index contributed by atoms with van der Waals surface area (Å²) >= 11 is 0. The molecule has 10 aromatic rings. The molecule has 0 N–H and O–H groups in total. The molecule has 0 aliphatic heterocycles. The summed E-state index contributed by atoms with van der Waals surface area (Å²) in [5.41, 5.74) is 16.9. The molecule has 0 aliphatic rings. The zero-order chi connectivity index (χ0) is 37.3. The third-order valence-corrected chi connectivity index (χ3v) is 10.7. The highest BCUT2D eigenvalue weighted by Gasteiger charge is 2.18. The van der Waals surface area contributed by atoms with Gasteiger partial charge in [-0.3, -0.25) is 0 Å². The van der Waals surface area contributed by atoms with E-state index in [9.17, 15) is 0 Å². The maximum Gasteiger partial charge on any atom is 0.143 e. The second-order valence-corrected chi connectivity index (χ2v) is 14.1. The maximum absolute atomic E-state index is 6.50. The Hall–Kier alpha value is -7.42. The molecule has 0 amide bonds. The van der Waals surface area contributed by atoms with Gasteiger partial charge in [-0.15, -0.1) is 0 Å². The smallest absolute Gasteiger partial charge is 0.143 e. The summed E-state index contributed by atoms with van der Waals surface area (Å²) in [7, 11) is 0. The molecule has 0 atom stereocenters. The highest BCUT2D eigenvalue weighted by molar-refractivity contribution is 6.11. The monoisotopic (exact) mass is 715 g/mol. The highest BCUT2D eigenvalue weighted by atomic mass is 16.3. The van der Waals surface area contributed by atoms with Crippen LogP contribution >= 0.6 is 0 Å². The molecule has 0 saturated heterocycles. The normalized spacial score (nSPS) is 11.2. The van der Waals surface area contributed by atoms with Crippen molar-refractivity contribution >= 4 is 39.0 Å². The van der Waals surface area contributed by atoms with Crippen LogP contribution < -0.4 is 4.90 Å². The van der Waals surface area contributed by atoms with Crippen LogP contribution in [0.5, 0.6) is 0 Å². The highest BCUT2D eigenvalue weighted by Crippen LogP contribution is 2.43. The Bertz CT molecular complexity index is 2930. The van der Waals surface area contributed by atoms with Crippen LogP contribution in [0.25, 0.3) is 77.6 Å². The first-order valence-corrected chi connectivity index (χ1v) is 19.1.